The maximum atomic E-state index is 13.5. The first-order valence-electron chi connectivity index (χ1n) is 9.08. The van der Waals surface area contributed by atoms with E-state index < -0.39 is 5.91 Å². The lowest BCUT2D eigenvalue weighted by molar-refractivity contribution is -0.119. The smallest absolute Gasteiger partial charge is 0.262 e. The number of aromatic nitrogens is 1. The lowest BCUT2D eigenvalue weighted by atomic mass is 10.1. The predicted octanol–water partition coefficient (Wildman–Crippen LogP) is 3.51. The summed E-state index contributed by atoms with van der Waals surface area (Å²) < 4.78 is 7.29. The maximum absolute atomic E-state index is 13.5. The summed E-state index contributed by atoms with van der Waals surface area (Å²) in [6.45, 7) is -0.191. The molecule has 0 bridgehead atoms. The average molecular weight is 422 g/mol. The third kappa shape index (κ3) is 4.32. The van der Waals surface area contributed by atoms with Crippen LogP contribution in [0.5, 0.6) is 5.75 Å². The largest absolute Gasteiger partial charge is 0.496 e. The number of carbonyl (C=O) groups is 2. The molecule has 0 saturated heterocycles. The van der Waals surface area contributed by atoms with Gasteiger partial charge in [0, 0.05) is 36.8 Å². The minimum absolute atomic E-state index is 0.191. The quantitative estimate of drug-likeness (QED) is 0.619. The number of halogens is 1. The van der Waals surface area contributed by atoms with E-state index in [9.17, 15) is 9.59 Å². The summed E-state index contributed by atoms with van der Waals surface area (Å²) in [6.07, 6.45) is 9.17. The minimum atomic E-state index is -0.439. The molecule has 7 heteroatoms. The molecule has 152 valence electrons. The molecular weight excluding hydrogens is 402 g/mol. The van der Waals surface area contributed by atoms with Crippen molar-refractivity contribution in [2.45, 2.75) is 0 Å². The number of rotatable bonds is 6. The third-order valence-electron chi connectivity index (χ3n) is 4.53. The summed E-state index contributed by atoms with van der Waals surface area (Å²) in [4.78, 5) is 26.9. The minimum Gasteiger partial charge on any atom is -0.496 e. The van der Waals surface area contributed by atoms with Crippen molar-refractivity contribution in [2.24, 2.45) is 0 Å². The number of methoxy groups -OCH3 is 1. The number of amides is 2. The zero-order chi connectivity index (χ0) is 21.7. The monoisotopic (exact) mass is 421 g/mol. The van der Waals surface area contributed by atoms with Gasteiger partial charge in [0.05, 0.1) is 23.4 Å². The molecule has 6 nitrogen and oxygen atoms in total. The summed E-state index contributed by atoms with van der Waals surface area (Å²) in [5.74, 6) is 2.10. The van der Waals surface area contributed by atoms with Crippen LogP contribution in [0.3, 0.4) is 0 Å². The highest BCUT2D eigenvalue weighted by molar-refractivity contribution is 6.33. The average Bonchev–Trinajstić information content (AvgIpc) is 3.31. The van der Waals surface area contributed by atoms with Gasteiger partial charge in [0.15, 0.2) is 0 Å². The second-order valence-electron chi connectivity index (χ2n) is 6.35. The number of hydrogen-bond acceptors (Lipinski definition) is 3. The molecule has 0 atom stereocenters. The van der Waals surface area contributed by atoms with Crippen molar-refractivity contribution < 1.29 is 14.3 Å². The highest BCUT2D eigenvalue weighted by atomic mass is 35.5. The topological polar surface area (TPSA) is 63.6 Å². The second kappa shape index (κ2) is 9.21. The standard InChI is InChI=1S/C23H20ClN3O3/c1-4-16-8-7-9-17(12-16)27(15-22(28)25-2)23(29)18-13-19(24)20(14-21(18)30-3)26-10-5-6-11-26/h1,5-14H,15H2,2-3H3,(H,25,28). The van der Waals surface area contributed by atoms with Crippen molar-refractivity contribution in [3.8, 4) is 23.8 Å². The molecule has 0 aliphatic rings. The first kappa shape index (κ1) is 21.0. The van der Waals surface area contributed by atoms with Crippen molar-refractivity contribution >= 4 is 29.1 Å². The van der Waals surface area contributed by atoms with E-state index in [1.807, 2.05) is 29.1 Å². The van der Waals surface area contributed by atoms with E-state index in [0.29, 0.717) is 27.7 Å². The Morgan fingerprint density at radius 1 is 1.20 bits per heavy atom. The number of likely N-dealkylation sites (N-methyl/N-ethyl adjacent to an activating group) is 1. The molecule has 2 aromatic carbocycles. The summed E-state index contributed by atoms with van der Waals surface area (Å²) in [7, 11) is 2.98. The molecule has 1 heterocycles. The summed E-state index contributed by atoms with van der Waals surface area (Å²) in [5, 5.41) is 2.90. The van der Waals surface area contributed by atoms with Crippen molar-refractivity contribution in [1.29, 1.82) is 0 Å². The van der Waals surface area contributed by atoms with E-state index >= 15 is 0 Å². The van der Waals surface area contributed by atoms with Crippen molar-refractivity contribution in [2.75, 3.05) is 25.6 Å². The maximum Gasteiger partial charge on any atom is 0.262 e. The van der Waals surface area contributed by atoms with Gasteiger partial charge in [-0.05, 0) is 36.4 Å². The van der Waals surface area contributed by atoms with Crippen molar-refractivity contribution in [3.05, 3.63) is 77.1 Å². The first-order chi connectivity index (χ1) is 14.5. The fraction of sp³-hybridized carbons (Fsp3) is 0.130. The van der Waals surface area contributed by atoms with Crippen LogP contribution in [0.1, 0.15) is 15.9 Å². The molecule has 0 spiro atoms. The Hall–Kier alpha value is -3.69. The SMILES string of the molecule is C#Cc1cccc(N(CC(=O)NC)C(=O)c2cc(Cl)c(-n3cccc3)cc2OC)c1. The molecule has 0 aliphatic heterocycles. The first-order valence-corrected chi connectivity index (χ1v) is 9.46. The van der Waals surface area contributed by atoms with Gasteiger partial charge in [-0.2, -0.15) is 0 Å². The van der Waals surface area contributed by atoms with Crippen LogP contribution in [-0.2, 0) is 4.79 Å². The van der Waals surface area contributed by atoms with Gasteiger partial charge >= 0.3 is 0 Å². The fourth-order valence-corrected chi connectivity index (χ4v) is 3.24. The molecule has 0 aliphatic carbocycles. The van der Waals surface area contributed by atoms with Crippen LogP contribution < -0.4 is 15.0 Å². The van der Waals surface area contributed by atoms with E-state index in [1.54, 1.807) is 36.4 Å². The number of benzene rings is 2. The number of nitrogens with zero attached hydrogens (tertiary/aromatic N) is 2. The number of nitrogens with one attached hydrogen (secondary N) is 1. The molecule has 1 N–H and O–H groups in total. The van der Waals surface area contributed by atoms with Crippen LogP contribution >= 0.6 is 11.6 Å². The van der Waals surface area contributed by atoms with Crippen LogP contribution in [-0.4, -0.2) is 37.1 Å². The number of anilines is 1. The molecule has 0 fully saturated rings. The van der Waals surface area contributed by atoms with E-state index in [2.05, 4.69) is 11.2 Å². The highest BCUT2D eigenvalue weighted by Crippen LogP contribution is 2.32. The molecule has 0 unspecified atom stereocenters. The van der Waals surface area contributed by atoms with Gasteiger partial charge in [-0.25, -0.2) is 0 Å². The van der Waals surface area contributed by atoms with E-state index in [-0.39, 0.29) is 18.0 Å². The van der Waals surface area contributed by atoms with Crippen LogP contribution in [0.4, 0.5) is 5.69 Å². The molecule has 3 aromatic rings. The van der Waals surface area contributed by atoms with Crippen LogP contribution in [0.25, 0.3) is 5.69 Å². The fourth-order valence-electron chi connectivity index (χ4n) is 2.98. The Balaban J connectivity index is 2.08. The molecule has 2 amide bonds. The Bertz CT molecular complexity index is 1120. The molecule has 0 saturated carbocycles. The molecular formula is C23H20ClN3O3. The number of terminal acetylenes is 1. The van der Waals surface area contributed by atoms with E-state index in [0.717, 1.165) is 0 Å². The van der Waals surface area contributed by atoms with Crippen LogP contribution in [0.2, 0.25) is 5.02 Å². The summed E-state index contributed by atoms with van der Waals surface area (Å²) in [5.41, 5.74) is 1.98. The summed E-state index contributed by atoms with van der Waals surface area (Å²) >= 11 is 6.47. The Kier molecular flexibility index (Phi) is 6.45. The zero-order valence-electron chi connectivity index (χ0n) is 16.6. The Morgan fingerprint density at radius 2 is 1.93 bits per heavy atom. The van der Waals surface area contributed by atoms with Crippen molar-refractivity contribution in [1.82, 2.24) is 9.88 Å². The molecule has 30 heavy (non-hydrogen) atoms. The van der Waals surface area contributed by atoms with Gasteiger partial charge in [-0.1, -0.05) is 23.6 Å². The van der Waals surface area contributed by atoms with Crippen LogP contribution in [0.15, 0.2) is 60.9 Å². The lowest BCUT2D eigenvalue weighted by Gasteiger charge is -2.24. The Morgan fingerprint density at radius 3 is 2.57 bits per heavy atom. The van der Waals surface area contributed by atoms with Gasteiger partial charge in [0.2, 0.25) is 5.91 Å². The van der Waals surface area contributed by atoms with Gasteiger partial charge in [-0.15, -0.1) is 6.42 Å². The lowest BCUT2D eigenvalue weighted by Crippen LogP contribution is -2.40. The van der Waals surface area contributed by atoms with Gasteiger partial charge in [-0.3, -0.25) is 14.5 Å². The zero-order valence-corrected chi connectivity index (χ0v) is 17.3. The Labute approximate surface area is 180 Å². The van der Waals surface area contributed by atoms with Gasteiger partial charge < -0.3 is 14.6 Å². The van der Waals surface area contributed by atoms with E-state index in [4.69, 9.17) is 22.8 Å². The number of ether oxygens (including phenoxy) is 1. The predicted molar refractivity (Wildman–Crippen MR) is 117 cm³/mol. The van der Waals surface area contributed by atoms with Gasteiger partial charge in [0.1, 0.15) is 12.3 Å². The van der Waals surface area contributed by atoms with E-state index in [1.165, 1.54) is 19.1 Å². The summed E-state index contributed by atoms with van der Waals surface area (Å²) in [6, 6.07) is 13.8. The highest BCUT2D eigenvalue weighted by Gasteiger charge is 2.25. The number of hydrogen-bond donors (Lipinski definition) is 1. The molecule has 3 rings (SSSR count). The van der Waals surface area contributed by atoms with Crippen LogP contribution in [0, 0.1) is 12.3 Å². The number of carbonyl (C=O) groups excluding carboxylic acids is 2. The molecule has 0 radical (unpaired) electrons. The van der Waals surface area contributed by atoms with Gasteiger partial charge in [0.25, 0.3) is 5.91 Å². The third-order valence-corrected chi connectivity index (χ3v) is 4.83. The molecule has 1 aromatic heterocycles. The second-order valence-corrected chi connectivity index (χ2v) is 6.76. The normalized spacial score (nSPS) is 10.2. The van der Waals surface area contributed by atoms with Crippen molar-refractivity contribution in [3.63, 3.8) is 0 Å².